The Labute approximate surface area is 129 Å². The molecular formula is C16H13BrFNO2. The maximum Gasteiger partial charge on any atom is 0.420 e. The molecule has 0 atom stereocenters. The Morgan fingerprint density at radius 2 is 1.95 bits per heavy atom. The molecule has 0 aliphatic rings. The first-order valence-corrected chi connectivity index (χ1v) is 7.30. The molecular weight excluding hydrogens is 337 g/mol. The summed E-state index contributed by atoms with van der Waals surface area (Å²) in [6.45, 7) is 4.31. The molecule has 0 bridgehead atoms. The van der Waals surface area contributed by atoms with Crippen molar-refractivity contribution in [3.63, 3.8) is 0 Å². The van der Waals surface area contributed by atoms with E-state index in [4.69, 9.17) is 4.42 Å². The van der Waals surface area contributed by atoms with Gasteiger partial charge in [-0.3, -0.25) is 4.57 Å². The van der Waals surface area contributed by atoms with E-state index in [-0.39, 0.29) is 17.6 Å². The van der Waals surface area contributed by atoms with Gasteiger partial charge >= 0.3 is 5.76 Å². The lowest BCUT2D eigenvalue weighted by Gasteiger charge is -2.07. The summed E-state index contributed by atoms with van der Waals surface area (Å²) in [4.78, 5) is 12.0. The first-order valence-electron chi connectivity index (χ1n) is 6.51. The molecule has 0 saturated heterocycles. The molecule has 0 spiro atoms. The van der Waals surface area contributed by atoms with Crippen LogP contribution in [0.15, 0.2) is 44.0 Å². The Kier molecular flexibility index (Phi) is 3.45. The molecule has 3 nitrogen and oxygen atoms in total. The van der Waals surface area contributed by atoms with Crippen LogP contribution in [0.2, 0.25) is 0 Å². The molecule has 5 heteroatoms. The summed E-state index contributed by atoms with van der Waals surface area (Å²) in [7, 11) is 0. The normalized spacial score (nSPS) is 11.2. The van der Waals surface area contributed by atoms with E-state index in [1.54, 1.807) is 6.07 Å². The quantitative estimate of drug-likeness (QED) is 0.696. The van der Waals surface area contributed by atoms with Gasteiger partial charge in [-0.05, 0) is 58.6 Å². The average molecular weight is 350 g/mol. The number of halogens is 2. The van der Waals surface area contributed by atoms with Crippen molar-refractivity contribution >= 4 is 27.0 Å². The van der Waals surface area contributed by atoms with Gasteiger partial charge in [0, 0.05) is 0 Å². The van der Waals surface area contributed by atoms with Gasteiger partial charge in [0.1, 0.15) is 5.52 Å². The van der Waals surface area contributed by atoms with Crippen LogP contribution in [0.1, 0.15) is 16.7 Å². The van der Waals surface area contributed by atoms with Crippen LogP contribution in [0.3, 0.4) is 0 Å². The fourth-order valence-electron chi connectivity index (χ4n) is 2.32. The monoisotopic (exact) mass is 349 g/mol. The summed E-state index contributed by atoms with van der Waals surface area (Å²) < 4.78 is 21.0. The minimum absolute atomic E-state index is 0.188. The van der Waals surface area contributed by atoms with Gasteiger partial charge in [-0.2, -0.15) is 0 Å². The van der Waals surface area contributed by atoms with E-state index in [0.717, 1.165) is 11.1 Å². The maximum absolute atomic E-state index is 14.3. The Hall–Kier alpha value is -1.88. The number of hydrogen-bond donors (Lipinski definition) is 0. The fraction of sp³-hybridized carbons (Fsp3) is 0.188. The van der Waals surface area contributed by atoms with Crippen LogP contribution in [-0.4, -0.2) is 4.57 Å². The van der Waals surface area contributed by atoms with E-state index in [0.29, 0.717) is 4.47 Å². The highest BCUT2D eigenvalue weighted by Crippen LogP contribution is 2.25. The van der Waals surface area contributed by atoms with Gasteiger partial charge in [0.25, 0.3) is 0 Å². The molecule has 0 saturated carbocycles. The maximum atomic E-state index is 14.3. The molecule has 0 unspecified atom stereocenters. The molecule has 0 N–H and O–H groups in total. The molecule has 1 heterocycles. The van der Waals surface area contributed by atoms with Crippen LogP contribution in [0, 0.1) is 19.7 Å². The highest BCUT2D eigenvalue weighted by molar-refractivity contribution is 9.10. The standard InChI is InChI=1S/C16H13BrFNO2/c1-9-3-4-11(7-10(9)2)8-19-15-13(21-16(19)20)6-5-12(17)14(15)18/h3-7H,8H2,1-2H3. The predicted octanol–water partition coefficient (Wildman–Crippen LogP) is 4.16. The van der Waals surface area contributed by atoms with Gasteiger partial charge in [0.15, 0.2) is 11.4 Å². The Balaban J connectivity index is 2.16. The SMILES string of the molecule is Cc1ccc(Cn2c(=O)oc3ccc(Br)c(F)c32)cc1C. The van der Waals surface area contributed by atoms with E-state index in [1.807, 2.05) is 32.0 Å². The fourth-order valence-corrected chi connectivity index (χ4v) is 2.64. The van der Waals surface area contributed by atoms with Crippen molar-refractivity contribution in [3.05, 3.63) is 67.9 Å². The average Bonchev–Trinajstić information content (AvgIpc) is 2.76. The molecule has 108 valence electrons. The number of benzene rings is 2. The lowest BCUT2D eigenvalue weighted by atomic mass is 10.1. The Morgan fingerprint density at radius 1 is 1.19 bits per heavy atom. The summed E-state index contributed by atoms with van der Waals surface area (Å²) >= 11 is 3.13. The number of nitrogens with zero attached hydrogens (tertiary/aromatic N) is 1. The van der Waals surface area contributed by atoms with Crippen LogP contribution in [0.5, 0.6) is 0 Å². The van der Waals surface area contributed by atoms with E-state index in [2.05, 4.69) is 15.9 Å². The highest BCUT2D eigenvalue weighted by Gasteiger charge is 2.16. The van der Waals surface area contributed by atoms with Crippen LogP contribution in [-0.2, 0) is 6.54 Å². The van der Waals surface area contributed by atoms with Crippen molar-refractivity contribution in [1.29, 1.82) is 0 Å². The minimum atomic E-state index is -0.555. The van der Waals surface area contributed by atoms with E-state index in [1.165, 1.54) is 16.2 Å². The van der Waals surface area contributed by atoms with Crippen LogP contribution in [0.4, 0.5) is 4.39 Å². The summed E-state index contributed by atoms with van der Waals surface area (Å²) in [6.07, 6.45) is 0. The van der Waals surface area contributed by atoms with Gasteiger partial charge in [-0.15, -0.1) is 0 Å². The van der Waals surface area contributed by atoms with Crippen molar-refractivity contribution in [2.75, 3.05) is 0 Å². The molecule has 21 heavy (non-hydrogen) atoms. The largest absolute Gasteiger partial charge is 0.420 e. The summed E-state index contributed by atoms with van der Waals surface area (Å²) in [5.41, 5.74) is 3.69. The molecule has 3 aromatic rings. The first kappa shape index (κ1) is 14.1. The van der Waals surface area contributed by atoms with Gasteiger partial charge < -0.3 is 4.42 Å². The second-order valence-electron chi connectivity index (χ2n) is 5.08. The van der Waals surface area contributed by atoms with Crippen molar-refractivity contribution in [2.24, 2.45) is 0 Å². The number of fused-ring (bicyclic) bond motifs is 1. The molecule has 3 rings (SSSR count). The highest BCUT2D eigenvalue weighted by atomic mass is 79.9. The van der Waals surface area contributed by atoms with Crippen molar-refractivity contribution in [3.8, 4) is 0 Å². The van der Waals surface area contributed by atoms with Gasteiger partial charge in [0.2, 0.25) is 0 Å². The molecule has 0 aliphatic heterocycles. The van der Waals surface area contributed by atoms with Crippen LogP contribution < -0.4 is 5.76 Å². The zero-order chi connectivity index (χ0) is 15.1. The summed E-state index contributed by atoms with van der Waals surface area (Å²) in [6, 6.07) is 9.03. The van der Waals surface area contributed by atoms with Gasteiger partial charge in [-0.25, -0.2) is 9.18 Å². The lowest BCUT2D eigenvalue weighted by molar-refractivity contribution is 0.517. The molecule has 0 fully saturated rings. The Bertz CT molecular complexity index is 895. The van der Waals surface area contributed by atoms with Gasteiger partial charge in [0.05, 0.1) is 11.0 Å². The van der Waals surface area contributed by atoms with Crippen molar-refractivity contribution in [2.45, 2.75) is 20.4 Å². The smallest absolute Gasteiger partial charge is 0.408 e. The molecule has 1 aromatic heterocycles. The number of rotatable bonds is 2. The summed E-state index contributed by atoms with van der Waals surface area (Å²) in [5, 5.41) is 0. The number of oxazole rings is 1. The third-order valence-corrected chi connectivity index (χ3v) is 4.24. The van der Waals surface area contributed by atoms with Crippen molar-refractivity contribution < 1.29 is 8.81 Å². The number of hydrogen-bond acceptors (Lipinski definition) is 2. The molecule has 2 aromatic carbocycles. The first-order chi connectivity index (χ1) is 9.97. The van der Waals surface area contributed by atoms with E-state index < -0.39 is 11.6 Å². The topological polar surface area (TPSA) is 35.1 Å². The molecule has 0 aliphatic carbocycles. The third-order valence-electron chi connectivity index (χ3n) is 3.63. The van der Waals surface area contributed by atoms with E-state index >= 15 is 0 Å². The minimum Gasteiger partial charge on any atom is -0.408 e. The predicted molar refractivity (Wildman–Crippen MR) is 83.2 cm³/mol. The van der Waals surface area contributed by atoms with E-state index in [9.17, 15) is 9.18 Å². The van der Waals surface area contributed by atoms with Crippen LogP contribution >= 0.6 is 15.9 Å². The van der Waals surface area contributed by atoms with Gasteiger partial charge in [-0.1, -0.05) is 18.2 Å². The zero-order valence-electron chi connectivity index (χ0n) is 11.6. The second kappa shape index (κ2) is 5.15. The Morgan fingerprint density at radius 3 is 2.67 bits per heavy atom. The summed E-state index contributed by atoms with van der Waals surface area (Å²) in [5.74, 6) is -1.04. The second-order valence-corrected chi connectivity index (χ2v) is 5.94. The molecule has 0 amide bonds. The number of aromatic nitrogens is 1. The lowest BCUT2D eigenvalue weighted by Crippen LogP contribution is -2.15. The van der Waals surface area contributed by atoms with Crippen LogP contribution in [0.25, 0.3) is 11.1 Å². The molecule has 0 radical (unpaired) electrons. The third kappa shape index (κ3) is 2.42. The number of aryl methyl sites for hydroxylation is 2. The zero-order valence-corrected chi connectivity index (χ0v) is 13.2. The van der Waals surface area contributed by atoms with Crippen molar-refractivity contribution in [1.82, 2.24) is 4.57 Å².